The predicted molar refractivity (Wildman–Crippen MR) is 111 cm³/mol. The number of carbonyl (C=O) groups excluding carboxylic acids is 1. The van der Waals surface area contributed by atoms with Crippen LogP contribution in [0.2, 0.25) is 0 Å². The average Bonchev–Trinajstić information content (AvgIpc) is 2.74. The Morgan fingerprint density at radius 1 is 1.38 bits per heavy atom. The molecule has 0 radical (unpaired) electrons. The van der Waals surface area contributed by atoms with Crippen molar-refractivity contribution in [2.24, 2.45) is 5.92 Å². The summed E-state index contributed by atoms with van der Waals surface area (Å²) in [6, 6.07) is 6.20. The minimum atomic E-state index is -0.157. The van der Waals surface area contributed by atoms with E-state index in [2.05, 4.69) is 22.4 Å². The number of hydrogen-bond acceptors (Lipinski definition) is 7. The van der Waals surface area contributed by atoms with E-state index in [1.165, 1.54) is 18.9 Å². The molecule has 1 aliphatic carbocycles. The summed E-state index contributed by atoms with van der Waals surface area (Å²) in [5, 5.41) is 11.0. The second kappa shape index (κ2) is 8.53. The van der Waals surface area contributed by atoms with Crippen molar-refractivity contribution in [3.63, 3.8) is 0 Å². The molecule has 2 aliphatic rings. The first kappa shape index (κ1) is 19.3. The van der Waals surface area contributed by atoms with E-state index in [4.69, 9.17) is 19.9 Å². The second-order valence-corrected chi connectivity index (χ2v) is 7.28. The number of esters is 1. The summed E-state index contributed by atoms with van der Waals surface area (Å²) in [7, 11) is 1.42. The molecule has 2 heterocycles. The van der Waals surface area contributed by atoms with Crippen LogP contribution < -0.4 is 5.32 Å². The molecule has 0 amide bonds. The van der Waals surface area contributed by atoms with Crippen LogP contribution in [0, 0.1) is 11.3 Å². The number of fused-ring (bicyclic) bond motifs is 1. The van der Waals surface area contributed by atoms with E-state index in [-0.39, 0.29) is 17.9 Å². The maximum absolute atomic E-state index is 11.5. The van der Waals surface area contributed by atoms with Gasteiger partial charge in [-0.3, -0.25) is 9.78 Å². The van der Waals surface area contributed by atoms with Crippen LogP contribution in [0.5, 0.6) is 0 Å². The Bertz CT molecular complexity index is 993. The maximum atomic E-state index is 11.5. The van der Waals surface area contributed by atoms with Crippen LogP contribution in [0.3, 0.4) is 0 Å². The lowest BCUT2D eigenvalue weighted by atomic mass is 9.80. The number of aromatic nitrogens is 2. The molecule has 1 aliphatic heterocycles. The number of para-hydroxylation sites is 1. The Morgan fingerprint density at radius 3 is 2.97 bits per heavy atom. The zero-order valence-corrected chi connectivity index (χ0v) is 16.4. The molecule has 0 unspecified atom stereocenters. The smallest absolute Gasteiger partial charge is 0.308 e. The van der Waals surface area contributed by atoms with Crippen LogP contribution in [0.4, 0.5) is 0 Å². The summed E-state index contributed by atoms with van der Waals surface area (Å²) >= 11 is 0. The van der Waals surface area contributed by atoms with E-state index in [9.17, 15) is 4.79 Å². The quantitative estimate of drug-likeness (QED) is 0.579. The molecule has 150 valence electrons. The zero-order valence-electron chi connectivity index (χ0n) is 16.4. The zero-order chi connectivity index (χ0) is 20.2. The van der Waals surface area contributed by atoms with Crippen LogP contribution in [0.1, 0.15) is 30.5 Å². The van der Waals surface area contributed by atoms with Gasteiger partial charge < -0.3 is 20.2 Å². The molecular weight excluding hydrogens is 368 g/mol. The molecule has 0 spiro atoms. The largest absolute Gasteiger partial charge is 0.469 e. The van der Waals surface area contributed by atoms with Gasteiger partial charge >= 0.3 is 5.97 Å². The van der Waals surface area contributed by atoms with Gasteiger partial charge in [0.2, 0.25) is 0 Å². The molecule has 0 bridgehead atoms. The van der Waals surface area contributed by atoms with Crippen molar-refractivity contribution in [3.8, 4) is 0 Å². The summed E-state index contributed by atoms with van der Waals surface area (Å²) in [5.41, 5.74) is 5.28. The lowest BCUT2D eigenvalue weighted by molar-refractivity contribution is -0.149. The fourth-order valence-electron chi connectivity index (χ4n) is 3.72. The third kappa shape index (κ3) is 4.05. The molecule has 4 rings (SSSR count). The minimum Gasteiger partial charge on any atom is -0.469 e. The number of ether oxygens (including phenoxy) is 2. The van der Waals surface area contributed by atoms with Crippen molar-refractivity contribution in [2.75, 3.05) is 20.3 Å². The average molecular weight is 392 g/mol. The first-order valence-electron chi connectivity index (χ1n) is 9.77. The van der Waals surface area contributed by atoms with Gasteiger partial charge in [-0.15, -0.1) is 0 Å². The number of allylic oxidation sites excluding steroid dienone is 1. The summed E-state index contributed by atoms with van der Waals surface area (Å²) in [6.45, 7) is 1.35. The molecule has 1 aromatic carbocycles. The summed E-state index contributed by atoms with van der Waals surface area (Å²) in [6.07, 6.45) is 9.20. The second-order valence-electron chi connectivity index (χ2n) is 7.28. The Morgan fingerprint density at radius 2 is 2.24 bits per heavy atom. The van der Waals surface area contributed by atoms with Crippen molar-refractivity contribution in [1.82, 2.24) is 15.3 Å². The summed E-state index contributed by atoms with van der Waals surface area (Å²) in [5.74, 6) is -0.192. The van der Waals surface area contributed by atoms with Gasteiger partial charge in [-0.2, -0.15) is 0 Å². The van der Waals surface area contributed by atoms with E-state index < -0.39 is 0 Å². The van der Waals surface area contributed by atoms with Gasteiger partial charge in [0.25, 0.3) is 0 Å². The standard InChI is InChI=1S/C22H24N4O3/c1-28-22(27)15-9-17(10-15)24-12-16(11-23)20-13-25-21-18(3-2-4-19(21)26-20)14-5-7-29-8-6-14/h2-5,11-13,15,17,23-24H,6-10H2,1H3/b16-12+,23-11?. The molecule has 1 aromatic heterocycles. The molecule has 1 saturated carbocycles. The van der Waals surface area contributed by atoms with Gasteiger partial charge in [0.1, 0.15) is 0 Å². The van der Waals surface area contributed by atoms with E-state index in [0.29, 0.717) is 17.9 Å². The molecule has 7 nitrogen and oxygen atoms in total. The molecule has 2 N–H and O–H groups in total. The van der Waals surface area contributed by atoms with Crippen LogP contribution in [0.25, 0.3) is 22.2 Å². The van der Waals surface area contributed by atoms with Crippen molar-refractivity contribution in [2.45, 2.75) is 25.3 Å². The Kier molecular flexibility index (Phi) is 5.67. The van der Waals surface area contributed by atoms with Gasteiger partial charge in [-0.25, -0.2) is 4.98 Å². The lowest BCUT2D eigenvalue weighted by Gasteiger charge is -2.33. The lowest BCUT2D eigenvalue weighted by Crippen LogP contribution is -2.42. The number of benzene rings is 1. The van der Waals surface area contributed by atoms with Gasteiger partial charge in [0.15, 0.2) is 0 Å². The highest BCUT2D eigenvalue weighted by Gasteiger charge is 2.34. The van der Waals surface area contributed by atoms with Gasteiger partial charge in [-0.05, 0) is 30.9 Å². The molecule has 1 fully saturated rings. The fourth-order valence-corrected chi connectivity index (χ4v) is 3.72. The van der Waals surface area contributed by atoms with E-state index in [1.807, 2.05) is 12.1 Å². The van der Waals surface area contributed by atoms with Crippen LogP contribution in [0.15, 0.2) is 36.7 Å². The predicted octanol–water partition coefficient (Wildman–Crippen LogP) is 2.97. The van der Waals surface area contributed by atoms with E-state index in [1.54, 1.807) is 12.4 Å². The Balaban J connectivity index is 1.53. The van der Waals surface area contributed by atoms with Crippen molar-refractivity contribution in [3.05, 3.63) is 47.9 Å². The molecule has 29 heavy (non-hydrogen) atoms. The van der Waals surface area contributed by atoms with Gasteiger partial charge in [0.05, 0.1) is 49.2 Å². The monoisotopic (exact) mass is 392 g/mol. The highest BCUT2D eigenvalue weighted by atomic mass is 16.5. The molecule has 7 heteroatoms. The molecule has 0 saturated heterocycles. The number of carbonyl (C=O) groups is 1. The normalized spacial score (nSPS) is 21.8. The number of nitrogens with one attached hydrogen (secondary N) is 2. The minimum absolute atomic E-state index is 0.0345. The highest BCUT2D eigenvalue weighted by Crippen LogP contribution is 2.29. The first-order chi connectivity index (χ1) is 14.2. The molecule has 2 aromatic rings. The van der Waals surface area contributed by atoms with Gasteiger partial charge in [-0.1, -0.05) is 18.2 Å². The third-order valence-corrected chi connectivity index (χ3v) is 5.48. The van der Waals surface area contributed by atoms with E-state index >= 15 is 0 Å². The Hall–Kier alpha value is -3.06. The first-order valence-corrected chi connectivity index (χ1v) is 9.77. The SMILES string of the molecule is COC(=O)C1CC(N/C=C(\C=N)c2cnc3c(C4=CCOCC4)cccc3n2)C1. The van der Waals surface area contributed by atoms with Crippen LogP contribution in [-0.2, 0) is 14.3 Å². The van der Waals surface area contributed by atoms with E-state index in [0.717, 1.165) is 42.5 Å². The van der Waals surface area contributed by atoms with Crippen LogP contribution >= 0.6 is 0 Å². The molecule has 0 atom stereocenters. The number of methoxy groups -OCH3 is 1. The van der Waals surface area contributed by atoms with Crippen molar-refractivity contribution >= 4 is 34.4 Å². The number of nitrogens with zero attached hydrogens (tertiary/aromatic N) is 2. The fraction of sp³-hybridized carbons (Fsp3) is 0.364. The topological polar surface area (TPSA) is 97.2 Å². The Labute approximate surface area is 169 Å². The van der Waals surface area contributed by atoms with Gasteiger partial charge in [0, 0.05) is 29.6 Å². The summed E-state index contributed by atoms with van der Waals surface area (Å²) < 4.78 is 10.2. The number of hydrogen-bond donors (Lipinski definition) is 2. The third-order valence-electron chi connectivity index (χ3n) is 5.48. The van der Waals surface area contributed by atoms with Crippen LogP contribution in [-0.4, -0.2) is 48.5 Å². The number of rotatable bonds is 6. The highest BCUT2D eigenvalue weighted by molar-refractivity contribution is 6.07. The van der Waals surface area contributed by atoms with Crippen molar-refractivity contribution < 1.29 is 14.3 Å². The maximum Gasteiger partial charge on any atom is 0.308 e. The summed E-state index contributed by atoms with van der Waals surface area (Å²) in [4.78, 5) is 20.9. The van der Waals surface area contributed by atoms with Crippen molar-refractivity contribution in [1.29, 1.82) is 5.41 Å². The molecular formula is C22H24N4O3.